The Hall–Kier alpha value is -1.50. The summed E-state index contributed by atoms with van der Waals surface area (Å²) in [4.78, 5) is 25.6. The molecule has 0 radical (unpaired) electrons. The fraction of sp³-hybridized carbons (Fsp3) is 0.529. The maximum absolute atomic E-state index is 12.3. The average Bonchev–Trinajstić information content (AvgIpc) is 2.70. The lowest BCUT2D eigenvalue weighted by Gasteiger charge is -2.37. The Morgan fingerprint density at radius 2 is 1.61 bits per heavy atom. The van der Waals surface area contributed by atoms with Gasteiger partial charge in [0.25, 0.3) is 11.8 Å². The number of carbonyl (C=O) groups excluding carboxylic acids is 2. The average molecular weight is 335 g/mol. The predicted octanol–water partition coefficient (Wildman–Crippen LogP) is 2.67. The first kappa shape index (κ1) is 17.8. The molecule has 1 heterocycles. The van der Waals surface area contributed by atoms with Crippen molar-refractivity contribution in [3.05, 3.63) is 35.4 Å². The van der Waals surface area contributed by atoms with Crippen molar-refractivity contribution in [3.63, 3.8) is 0 Å². The molecular formula is C17H25NO4Si. The van der Waals surface area contributed by atoms with E-state index in [-0.39, 0.29) is 30.0 Å². The normalized spacial score (nSPS) is 16.7. The van der Waals surface area contributed by atoms with E-state index in [9.17, 15) is 14.7 Å². The second-order valence-electron chi connectivity index (χ2n) is 7.49. The van der Waals surface area contributed by atoms with Crippen LogP contribution in [0.4, 0.5) is 0 Å². The lowest BCUT2D eigenvalue weighted by molar-refractivity contribution is 0.0441. The van der Waals surface area contributed by atoms with Gasteiger partial charge in [-0.2, -0.15) is 0 Å². The highest BCUT2D eigenvalue weighted by Gasteiger charge is 2.39. The van der Waals surface area contributed by atoms with Crippen LogP contribution in [0.25, 0.3) is 0 Å². The molecule has 0 saturated carbocycles. The molecule has 0 bridgehead atoms. The van der Waals surface area contributed by atoms with E-state index in [1.54, 1.807) is 24.3 Å². The highest BCUT2D eigenvalue weighted by molar-refractivity contribution is 6.74. The maximum atomic E-state index is 12.3. The van der Waals surface area contributed by atoms with E-state index in [0.29, 0.717) is 11.1 Å². The second kappa shape index (κ2) is 6.18. The Kier molecular flexibility index (Phi) is 4.80. The van der Waals surface area contributed by atoms with Crippen LogP contribution in [0.2, 0.25) is 18.1 Å². The molecule has 126 valence electrons. The van der Waals surface area contributed by atoms with Gasteiger partial charge >= 0.3 is 0 Å². The summed E-state index contributed by atoms with van der Waals surface area (Å²) in [6, 6.07) is 6.72. The Bertz CT molecular complexity index is 586. The molecule has 0 aliphatic carbocycles. The molecular weight excluding hydrogens is 310 g/mol. The summed E-state index contributed by atoms with van der Waals surface area (Å²) < 4.78 is 5.95. The van der Waals surface area contributed by atoms with Crippen LogP contribution in [0.5, 0.6) is 0 Å². The smallest absolute Gasteiger partial charge is 0.261 e. The minimum Gasteiger partial charge on any atom is -0.414 e. The summed E-state index contributed by atoms with van der Waals surface area (Å²) in [5.74, 6) is -0.700. The molecule has 1 aliphatic heterocycles. The largest absolute Gasteiger partial charge is 0.414 e. The van der Waals surface area contributed by atoms with Gasteiger partial charge in [0.05, 0.1) is 30.4 Å². The number of imide groups is 1. The Morgan fingerprint density at radius 1 is 1.13 bits per heavy atom. The first-order valence-electron chi connectivity index (χ1n) is 7.82. The molecule has 0 spiro atoms. The number of nitrogens with zero attached hydrogens (tertiary/aromatic N) is 1. The van der Waals surface area contributed by atoms with Crippen molar-refractivity contribution in [2.75, 3.05) is 13.2 Å². The zero-order chi connectivity index (χ0) is 17.4. The van der Waals surface area contributed by atoms with Gasteiger partial charge in [-0.1, -0.05) is 32.9 Å². The Morgan fingerprint density at radius 3 is 2.04 bits per heavy atom. The van der Waals surface area contributed by atoms with Gasteiger partial charge < -0.3 is 9.53 Å². The molecule has 0 saturated heterocycles. The summed E-state index contributed by atoms with van der Waals surface area (Å²) in [6.07, 6.45) is -0.883. The van der Waals surface area contributed by atoms with Crippen LogP contribution < -0.4 is 0 Å². The number of carbonyl (C=O) groups is 2. The second-order valence-corrected chi connectivity index (χ2v) is 12.3. The number of rotatable bonds is 5. The van der Waals surface area contributed by atoms with E-state index in [4.69, 9.17) is 4.43 Å². The van der Waals surface area contributed by atoms with Gasteiger partial charge in [-0.15, -0.1) is 0 Å². The summed E-state index contributed by atoms with van der Waals surface area (Å²) in [6.45, 7) is 10.6. The zero-order valence-electron chi connectivity index (χ0n) is 14.4. The predicted molar refractivity (Wildman–Crippen MR) is 91.0 cm³/mol. The van der Waals surface area contributed by atoms with Gasteiger partial charge in [-0.25, -0.2) is 0 Å². The third kappa shape index (κ3) is 3.54. The van der Waals surface area contributed by atoms with E-state index < -0.39 is 14.4 Å². The highest BCUT2D eigenvalue weighted by Crippen LogP contribution is 2.36. The number of amides is 2. The van der Waals surface area contributed by atoms with Crippen molar-refractivity contribution in [3.8, 4) is 0 Å². The number of aliphatic hydroxyl groups is 1. The van der Waals surface area contributed by atoms with Crippen LogP contribution in [0, 0.1) is 0 Å². The van der Waals surface area contributed by atoms with E-state index in [2.05, 4.69) is 33.9 Å². The zero-order valence-corrected chi connectivity index (χ0v) is 15.4. The topological polar surface area (TPSA) is 66.8 Å². The van der Waals surface area contributed by atoms with Crippen LogP contribution in [0.15, 0.2) is 24.3 Å². The van der Waals surface area contributed by atoms with Crippen molar-refractivity contribution in [2.24, 2.45) is 0 Å². The van der Waals surface area contributed by atoms with Crippen molar-refractivity contribution < 1.29 is 19.1 Å². The number of aliphatic hydroxyl groups excluding tert-OH is 1. The van der Waals surface area contributed by atoms with E-state index in [0.717, 1.165) is 4.90 Å². The van der Waals surface area contributed by atoms with Crippen molar-refractivity contribution in [2.45, 2.75) is 45.0 Å². The van der Waals surface area contributed by atoms with Crippen molar-refractivity contribution >= 4 is 20.1 Å². The molecule has 0 aromatic heterocycles. The van der Waals surface area contributed by atoms with Gasteiger partial charge in [-0.3, -0.25) is 14.5 Å². The van der Waals surface area contributed by atoms with E-state index >= 15 is 0 Å². The number of hydrogen-bond acceptors (Lipinski definition) is 4. The van der Waals surface area contributed by atoms with Gasteiger partial charge in [0.2, 0.25) is 0 Å². The number of fused-ring (bicyclic) bond motifs is 1. The molecule has 5 nitrogen and oxygen atoms in total. The fourth-order valence-corrected chi connectivity index (χ4v) is 3.23. The van der Waals surface area contributed by atoms with Crippen LogP contribution in [-0.2, 0) is 4.43 Å². The molecule has 2 rings (SSSR count). The lowest BCUT2D eigenvalue weighted by atomic mass is 10.1. The van der Waals surface area contributed by atoms with E-state index in [1.807, 2.05) is 0 Å². The number of hydrogen-bond donors (Lipinski definition) is 1. The standard InChI is InChI=1S/C17H25NO4Si/c1-17(2,3)23(4,5)22-11-12(19)10-18-15(20)13-8-6-7-9-14(13)16(18)21/h6-9,12,19H,10-11H2,1-5H3. The minimum absolute atomic E-state index is 0.0407. The monoisotopic (exact) mass is 335 g/mol. The van der Waals surface area contributed by atoms with Crippen LogP contribution in [-0.4, -0.2) is 49.4 Å². The lowest BCUT2D eigenvalue weighted by Crippen LogP contribution is -2.45. The van der Waals surface area contributed by atoms with Crippen LogP contribution >= 0.6 is 0 Å². The van der Waals surface area contributed by atoms with Crippen LogP contribution in [0.1, 0.15) is 41.5 Å². The SMILES string of the molecule is CC(C)(C)[Si](C)(C)OCC(O)CN1C(=O)c2ccccc2C1=O. The number of benzene rings is 1. The minimum atomic E-state index is -1.97. The maximum Gasteiger partial charge on any atom is 0.261 e. The molecule has 23 heavy (non-hydrogen) atoms. The molecule has 1 aromatic rings. The van der Waals surface area contributed by atoms with Gasteiger partial charge in [0.1, 0.15) is 0 Å². The summed E-state index contributed by atoms with van der Waals surface area (Å²) in [7, 11) is -1.97. The summed E-state index contributed by atoms with van der Waals surface area (Å²) in [5.41, 5.74) is 0.796. The quantitative estimate of drug-likeness (QED) is 0.663. The molecule has 6 heteroatoms. The molecule has 0 fully saturated rings. The third-order valence-electron chi connectivity index (χ3n) is 4.71. The summed E-state index contributed by atoms with van der Waals surface area (Å²) >= 11 is 0. The van der Waals surface area contributed by atoms with Crippen molar-refractivity contribution in [1.82, 2.24) is 4.90 Å². The molecule has 1 N–H and O–H groups in total. The Balaban J connectivity index is 1.99. The first-order chi connectivity index (χ1) is 10.5. The van der Waals surface area contributed by atoms with Crippen LogP contribution in [0.3, 0.4) is 0 Å². The number of β-amino-alcohol motifs (C(OH)–C–C–N with tert-alkyl or cyclic N) is 1. The van der Waals surface area contributed by atoms with Gasteiger partial charge in [0, 0.05) is 0 Å². The van der Waals surface area contributed by atoms with Crippen molar-refractivity contribution in [1.29, 1.82) is 0 Å². The Labute approximate surface area is 138 Å². The molecule has 1 aromatic carbocycles. The first-order valence-corrected chi connectivity index (χ1v) is 10.7. The summed E-state index contributed by atoms with van der Waals surface area (Å²) in [5, 5.41) is 10.2. The van der Waals surface area contributed by atoms with Gasteiger partial charge in [0.15, 0.2) is 8.32 Å². The highest BCUT2D eigenvalue weighted by atomic mass is 28.4. The molecule has 1 unspecified atom stereocenters. The van der Waals surface area contributed by atoms with E-state index in [1.165, 1.54) is 0 Å². The third-order valence-corrected chi connectivity index (χ3v) is 9.21. The van der Waals surface area contributed by atoms with Gasteiger partial charge in [-0.05, 0) is 30.3 Å². The molecule has 1 aliphatic rings. The fourth-order valence-electron chi connectivity index (χ4n) is 2.19. The molecule has 1 atom stereocenters. The molecule has 2 amide bonds.